The van der Waals surface area contributed by atoms with Crippen LogP contribution >= 0.6 is 11.6 Å². The molecule has 0 aliphatic carbocycles. The summed E-state index contributed by atoms with van der Waals surface area (Å²) in [4.78, 5) is 23.8. The number of benzene rings is 2. The van der Waals surface area contributed by atoms with Gasteiger partial charge in [0.25, 0.3) is 0 Å². The van der Waals surface area contributed by atoms with Gasteiger partial charge in [0.1, 0.15) is 6.54 Å². The molecule has 2 rings (SSSR count). The van der Waals surface area contributed by atoms with E-state index in [2.05, 4.69) is 5.32 Å². The van der Waals surface area contributed by atoms with Crippen molar-refractivity contribution in [3.8, 4) is 0 Å². The van der Waals surface area contributed by atoms with E-state index in [9.17, 15) is 18.0 Å². The molecule has 26 heavy (non-hydrogen) atoms. The van der Waals surface area contributed by atoms with Crippen LogP contribution < -0.4 is 9.62 Å². The number of carbonyl (C=O) groups is 2. The summed E-state index contributed by atoms with van der Waals surface area (Å²) >= 11 is 6.07. The summed E-state index contributed by atoms with van der Waals surface area (Å²) in [6.07, 6.45) is 1.02. The number of hydrogen-bond donors (Lipinski definition) is 1. The van der Waals surface area contributed by atoms with Gasteiger partial charge in [-0.25, -0.2) is 8.42 Å². The summed E-state index contributed by atoms with van der Waals surface area (Å²) < 4.78 is 25.4. The molecule has 0 aliphatic heterocycles. The Kier molecular flexibility index (Phi) is 6.05. The van der Waals surface area contributed by atoms with E-state index < -0.39 is 22.5 Å². The zero-order valence-electron chi connectivity index (χ0n) is 14.6. The molecule has 0 heterocycles. The van der Waals surface area contributed by atoms with Crippen molar-refractivity contribution in [1.82, 2.24) is 0 Å². The van der Waals surface area contributed by atoms with Crippen molar-refractivity contribution in [2.24, 2.45) is 0 Å². The van der Waals surface area contributed by atoms with E-state index in [1.807, 2.05) is 0 Å². The third-order valence-electron chi connectivity index (χ3n) is 3.75. The van der Waals surface area contributed by atoms with Crippen LogP contribution in [-0.2, 0) is 14.8 Å². The van der Waals surface area contributed by atoms with E-state index in [-0.39, 0.29) is 5.78 Å². The Morgan fingerprint density at radius 3 is 2.42 bits per heavy atom. The molecule has 0 radical (unpaired) electrons. The van der Waals surface area contributed by atoms with Crippen molar-refractivity contribution in [1.29, 1.82) is 0 Å². The van der Waals surface area contributed by atoms with Crippen LogP contribution in [0.15, 0.2) is 42.5 Å². The second-order valence-electron chi connectivity index (χ2n) is 5.84. The minimum absolute atomic E-state index is 0.131. The average molecular weight is 395 g/mol. The normalized spacial score (nSPS) is 11.1. The number of carbonyl (C=O) groups excluding carboxylic acids is 2. The molecule has 1 amide bonds. The van der Waals surface area contributed by atoms with Crippen molar-refractivity contribution in [3.05, 3.63) is 58.6 Å². The largest absolute Gasteiger partial charge is 0.324 e. The van der Waals surface area contributed by atoms with E-state index in [1.165, 1.54) is 13.0 Å². The quantitative estimate of drug-likeness (QED) is 0.762. The fraction of sp³-hybridized carbons (Fsp3) is 0.222. The van der Waals surface area contributed by atoms with Crippen LogP contribution in [0.25, 0.3) is 0 Å². The molecule has 138 valence electrons. The first-order valence-corrected chi connectivity index (χ1v) is 9.96. The molecule has 0 saturated carbocycles. The van der Waals surface area contributed by atoms with Gasteiger partial charge in [0.15, 0.2) is 5.78 Å². The lowest BCUT2D eigenvalue weighted by Crippen LogP contribution is -2.37. The van der Waals surface area contributed by atoms with Crippen molar-refractivity contribution in [3.63, 3.8) is 0 Å². The maximum Gasteiger partial charge on any atom is 0.245 e. The lowest BCUT2D eigenvalue weighted by Gasteiger charge is -2.24. The van der Waals surface area contributed by atoms with Crippen LogP contribution in [-0.4, -0.2) is 32.9 Å². The highest BCUT2D eigenvalue weighted by molar-refractivity contribution is 7.92. The van der Waals surface area contributed by atoms with Gasteiger partial charge in [-0.2, -0.15) is 0 Å². The molecule has 0 saturated heterocycles. The highest BCUT2D eigenvalue weighted by Crippen LogP contribution is 2.28. The Bertz CT molecular complexity index is 957. The molecule has 2 aromatic rings. The summed E-state index contributed by atoms with van der Waals surface area (Å²) in [5.41, 5.74) is 1.77. The fourth-order valence-electron chi connectivity index (χ4n) is 2.39. The lowest BCUT2D eigenvalue weighted by molar-refractivity contribution is -0.114. The van der Waals surface area contributed by atoms with E-state index in [0.29, 0.717) is 27.5 Å². The van der Waals surface area contributed by atoms with Crippen LogP contribution in [0.3, 0.4) is 0 Å². The molecule has 6 nitrogen and oxygen atoms in total. The number of anilines is 2. The van der Waals surface area contributed by atoms with Gasteiger partial charge >= 0.3 is 0 Å². The van der Waals surface area contributed by atoms with Gasteiger partial charge in [0.2, 0.25) is 15.9 Å². The summed E-state index contributed by atoms with van der Waals surface area (Å²) in [7, 11) is -3.71. The predicted molar refractivity (Wildman–Crippen MR) is 103 cm³/mol. The zero-order valence-corrected chi connectivity index (χ0v) is 16.2. The Balaban J connectivity index is 2.27. The van der Waals surface area contributed by atoms with Gasteiger partial charge < -0.3 is 5.32 Å². The molecular weight excluding hydrogens is 376 g/mol. The molecule has 0 spiro atoms. The molecule has 0 aliphatic rings. The van der Waals surface area contributed by atoms with E-state index in [0.717, 1.165) is 10.6 Å². The third-order valence-corrected chi connectivity index (χ3v) is 5.28. The molecule has 1 N–H and O–H groups in total. The second kappa shape index (κ2) is 7.88. The maximum atomic E-state index is 12.4. The highest BCUT2D eigenvalue weighted by atomic mass is 35.5. The van der Waals surface area contributed by atoms with Crippen LogP contribution in [0.2, 0.25) is 5.02 Å². The second-order valence-corrected chi connectivity index (χ2v) is 8.15. The number of rotatable bonds is 6. The van der Waals surface area contributed by atoms with E-state index in [1.54, 1.807) is 43.3 Å². The van der Waals surface area contributed by atoms with Gasteiger partial charge in [-0.05, 0) is 43.7 Å². The number of nitrogens with zero attached hydrogens (tertiary/aromatic N) is 1. The SMILES string of the molecule is CC(=O)c1cccc(NC(=O)CN(c2cccc(Cl)c2C)S(C)(=O)=O)c1. The Labute approximate surface area is 157 Å². The van der Waals surface area contributed by atoms with Crippen LogP contribution in [0.4, 0.5) is 11.4 Å². The first kappa shape index (κ1) is 19.9. The topological polar surface area (TPSA) is 83.6 Å². The van der Waals surface area contributed by atoms with Crippen molar-refractivity contribution in [2.45, 2.75) is 13.8 Å². The summed E-state index contributed by atoms with van der Waals surface area (Å²) in [6.45, 7) is 2.70. The van der Waals surface area contributed by atoms with Crippen molar-refractivity contribution >= 4 is 44.7 Å². The first-order valence-electron chi connectivity index (χ1n) is 7.73. The Morgan fingerprint density at radius 1 is 1.15 bits per heavy atom. The number of ketones is 1. The Morgan fingerprint density at radius 2 is 1.81 bits per heavy atom. The number of amides is 1. The van der Waals surface area contributed by atoms with Crippen LogP contribution in [0.1, 0.15) is 22.8 Å². The number of Topliss-reactive ketones (excluding diaryl/α,β-unsaturated/α-hetero) is 1. The fourth-order valence-corrected chi connectivity index (χ4v) is 3.47. The van der Waals surface area contributed by atoms with E-state index >= 15 is 0 Å². The summed E-state index contributed by atoms with van der Waals surface area (Å²) in [5.74, 6) is -0.663. The Hall–Kier alpha value is -2.38. The summed E-state index contributed by atoms with van der Waals surface area (Å²) in [6, 6.07) is 11.3. The molecule has 0 aromatic heterocycles. The first-order chi connectivity index (χ1) is 12.1. The third kappa shape index (κ3) is 4.83. The lowest BCUT2D eigenvalue weighted by atomic mass is 10.1. The van der Waals surface area contributed by atoms with E-state index in [4.69, 9.17) is 11.6 Å². The van der Waals surface area contributed by atoms with Crippen LogP contribution in [0, 0.1) is 6.92 Å². The zero-order chi connectivity index (χ0) is 19.5. The number of hydrogen-bond acceptors (Lipinski definition) is 4. The number of sulfonamides is 1. The number of nitrogens with one attached hydrogen (secondary N) is 1. The molecular formula is C18H19ClN2O4S. The average Bonchev–Trinajstić information content (AvgIpc) is 2.55. The standard InChI is InChI=1S/C18H19ClN2O4S/c1-12-16(19)8-5-9-17(12)21(26(3,24)25)11-18(23)20-15-7-4-6-14(10-15)13(2)22/h4-10H,11H2,1-3H3,(H,20,23). The maximum absolute atomic E-state index is 12.4. The minimum Gasteiger partial charge on any atom is -0.324 e. The van der Waals surface area contributed by atoms with Crippen LogP contribution in [0.5, 0.6) is 0 Å². The number of halogens is 1. The minimum atomic E-state index is -3.71. The smallest absolute Gasteiger partial charge is 0.245 e. The predicted octanol–water partition coefficient (Wildman–Crippen LogP) is 3.26. The van der Waals surface area contributed by atoms with Gasteiger partial charge in [-0.3, -0.25) is 13.9 Å². The van der Waals surface area contributed by atoms with Crippen molar-refractivity contribution < 1.29 is 18.0 Å². The van der Waals surface area contributed by atoms with Gasteiger partial charge in [-0.15, -0.1) is 0 Å². The molecule has 2 aromatic carbocycles. The summed E-state index contributed by atoms with van der Waals surface area (Å²) in [5, 5.41) is 3.02. The highest BCUT2D eigenvalue weighted by Gasteiger charge is 2.23. The van der Waals surface area contributed by atoms with Gasteiger partial charge in [-0.1, -0.05) is 29.8 Å². The van der Waals surface area contributed by atoms with Crippen molar-refractivity contribution in [2.75, 3.05) is 22.4 Å². The molecule has 0 atom stereocenters. The molecule has 0 bridgehead atoms. The van der Waals surface area contributed by atoms with Gasteiger partial charge in [0, 0.05) is 16.3 Å². The molecule has 0 unspecified atom stereocenters. The van der Waals surface area contributed by atoms with Gasteiger partial charge in [0.05, 0.1) is 11.9 Å². The monoisotopic (exact) mass is 394 g/mol. The molecule has 8 heteroatoms. The molecule has 0 fully saturated rings.